The quantitative estimate of drug-likeness (QED) is 0.738. The summed E-state index contributed by atoms with van der Waals surface area (Å²) >= 11 is 0. The van der Waals surface area contributed by atoms with Crippen molar-refractivity contribution in [2.24, 2.45) is 11.5 Å². The van der Waals surface area contributed by atoms with E-state index in [9.17, 15) is 4.79 Å². The highest BCUT2D eigenvalue weighted by molar-refractivity contribution is 5.79. The molecule has 1 heterocycles. The van der Waals surface area contributed by atoms with Gasteiger partial charge in [-0.05, 0) is 37.8 Å². The van der Waals surface area contributed by atoms with E-state index in [4.69, 9.17) is 11.5 Å². The van der Waals surface area contributed by atoms with Gasteiger partial charge in [-0.25, -0.2) is 0 Å². The predicted molar refractivity (Wildman–Crippen MR) is 59.1 cm³/mol. The van der Waals surface area contributed by atoms with Gasteiger partial charge in [0.05, 0.1) is 6.04 Å². The van der Waals surface area contributed by atoms with Crippen LogP contribution in [0.5, 0.6) is 0 Å². The lowest BCUT2D eigenvalue weighted by molar-refractivity contribution is -0.119. The second kappa shape index (κ2) is 5.46. The van der Waals surface area contributed by atoms with E-state index in [2.05, 4.69) is 4.98 Å². The molecule has 1 aromatic rings. The molecule has 15 heavy (non-hydrogen) atoms. The fourth-order valence-electron chi connectivity index (χ4n) is 1.29. The predicted octanol–water partition coefficient (Wildman–Crippen LogP) is 0.525. The molecule has 0 aliphatic heterocycles. The SMILES string of the molecule is Cc1ccc(CCC[C@H](N)C(N)=O)nc1. The number of aromatic nitrogens is 1. The summed E-state index contributed by atoms with van der Waals surface area (Å²) < 4.78 is 0. The molecule has 4 heteroatoms. The lowest BCUT2D eigenvalue weighted by atomic mass is 10.1. The largest absolute Gasteiger partial charge is 0.368 e. The minimum Gasteiger partial charge on any atom is -0.368 e. The Morgan fingerprint density at radius 3 is 2.80 bits per heavy atom. The monoisotopic (exact) mass is 207 g/mol. The molecule has 1 aromatic heterocycles. The second-order valence-electron chi connectivity index (χ2n) is 3.73. The van der Waals surface area contributed by atoms with Gasteiger partial charge in [0.2, 0.25) is 5.91 Å². The van der Waals surface area contributed by atoms with E-state index >= 15 is 0 Å². The first-order valence-electron chi connectivity index (χ1n) is 5.06. The number of nitrogens with two attached hydrogens (primary N) is 2. The zero-order chi connectivity index (χ0) is 11.3. The molecular formula is C11H17N3O. The van der Waals surface area contributed by atoms with Gasteiger partial charge in [0.15, 0.2) is 0 Å². The van der Waals surface area contributed by atoms with E-state index in [1.54, 1.807) is 0 Å². The minimum absolute atomic E-state index is 0.438. The molecular weight excluding hydrogens is 190 g/mol. The van der Waals surface area contributed by atoms with Crippen molar-refractivity contribution >= 4 is 5.91 Å². The summed E-state index contributed by atoms with van der Waals surface area (Å²) in [7, 11) is 0. The highest BCUT2D eigenvalue weighted by Gasteiger charge is 2.08. The third-order valence-corrected chi connectivity index (χ3v) is 2.29. The molecule has 1 atom stereocenters. The first-order valence-corrected chi connectivity index (χ1v) is 5.06. The van der Waals surface area contributed by atoms with Crippen LogP contribution in [0.15, 0.2) is 18.3 Å². The zero-order valence-electron chi connectivity index (χ0n) is 8.94. The van der Waals surface area contributed by atoms with Gasteiger partial charge in [0, 0.05) is 11.9 Å². The number of primary amides is 1. The van der Waals surface area contributed by atoms with Crippen molar-refractivity contribution in [2.45, 2.75) is 32.2 Å². The minimum atomic E-state index is -0.532. The van der Waals surface area contributed by atoms with Gasteiger partial charge in [-0.3, -0.25) is 9.78 Å². The van der Waals surface area contributed by atoms with Crippen molar-refractivity contribution in [1.29, 1.82) is 0 Å². The molecule has 4 N–H and O–H groups in total. The lowest BCUT2D eigenvalue weighted by Crippen LogP contribution is -2.36. The topological polar surface area (TPSA) is 82.0 Å². The van der Waals surface area contributed by atoms with E-state index in [0.29, 0.717) is 6.42 Å². The normalized spacial score (nSPS) is 12.4. The average Bonchev–Trinajstić information content (AvgIpc) is 2.20. The third kappa shape index (κ3) is 4.08. The summed E-state index contributed by atoms with van der Waals surface area (Å²) in [6.07, 6.45) is 4.12. The number of hydrogen-bond acceptors (Lipinski definition) is 3. The highest BCUT2D eigenvalue weighted by atomic mass is 16.1. The average molecular weight is 207 g/mol. The molecule has 1 amide bonds. The number of rotatable bonds is 5. The molecule has 0 unspecified atom stereocenters. The molecule has 0 aliphatic rings. The van der Waals surface area contributed by atoms with E-state index in [-0.39, 0.29) is 0 Å². The second-order valence-corrected chi connectivity index (χ2v) is 3.73. The highest BCUT2D eigenvalue weighted by Crippen LogP contribution is 2.04. The summed E-state index contributed by atoms with van der Waals surface area (Å²) in [5, 5.41) is 0. The molecule has 0 aliphatic carbocycles. The molecule has 0 spiro atoms. The van der Waals surface area contributed by atoms with Crippen molar-refractivity contribution in [1.82, 2.24) is 4.98 Å². The summed E-state index contributed by atoms with van der Waals surface area (Å²) in [5.41, 5.74) is 12.7. The van der Waals surface area contributed by atoms with Crippen LogP contribution in [-0.2, 0) is 11.2 Å². The Labute approximate surface area is 89.7 Å². The molecule has 1 rings (SSSR count). The van der Waals surface area contributed by atoms with Gasteiger partial charge in [-0.1, -0.05) is 6.07 Å². The van der Waals surface area contributed by atoms with Crippen molar-refractivity contribution in [3.05, 3.63) is 29.6 Å². The van der Waals surface area contributed by atoms with Crippen LogP contribution in [0.2, 0.25) is 0 Å². The van der Waals surface area contributed by atoms with Crippen LogP contribution in [0.4, 0.5) is 0 Å². The number of pyridine rings is 1. The maximum Gasteiger partial charge on any atom is 0.234 e. The van der Waals surface area contributed by atoms with Crippen molar-refractivity contribution in [3.63, 3.8) is 0 Å². The van der Waals surface area contributed by atoms with Crippen LogP contribution in [0.1, 0.15) is 24.1 Å². The summed E-state index contributed by atoms with van der Waals surface area (Å²) in [6, 6.07) is 3.48. The molecule has 0 bridgehead atoms. The van der Waals surface area contributed by atoms with E-state index in [1.807, 2.05) is 25.3 Å². The number of hydrogen-bond donors (Lipinski definition) is 2. The van der Waals surface area contributed by atoms with Gasteiger partial charge in [0.1, 0.15) is 0 Å². The van der Waals surface area contributed by atoms with E-state index in [1.165, 1.54) is 0 Å². The molecule has 0 aromatic carbocycles. The van der Waals surface area contributed by atoms with Gasteiger partial charge < -0.3 is 11.5 Å². The van der Waals surface area contributed by atoms with Crippen molar-refractivity contribution in [3.8, 4) is 0 Å². The number of nitrogens with zero attached hydrogens (tertiary/aromatic N) is 1. The van der Waals surface area contributed by atoms with Gasteiger partial charge >= 0.3 is 0 Å². The first-order chi connectivity index (χ1) is 7.09. The van der Waals surface area contributed by atoms with Crippen LogP contribution >= 0.6 is 0 Å². The Bertz CT molecular complexity index is 321. The van der Waals surface area contributed by atoms with Gasteiger partial charge in [0.25, 0.3) is 0 Å². The standard InChI is InChI=1S/C11H17N3O/c1-8-5-6-9(14-7-8)3-2-4-10(12)11(13)15/h5-7,10H,2-4,12H2,1H3,(H2,13,15)/t10-/m0/s1. The van der Waals surface area contributed by atoms with Crippen LogP contribution in [0.3, 0.4) is 0 Å². The Hall–Kier alpha value is -1.42. The van der Waals surface area contributed by atoms with Gasteiger partial charge in [-0.15, -0.1) is 0 Å². The number of amides is 1. The third-order valence-electron chi connectivity index (χ3n) is 2.29. The molecule has 0 radical (unpaired) electrons. The maximum atomic E-state index is 10.7. The Kier molecular flexibility index (Phi) is 4.24. The van der Waals surface area contributed by atoms with Crippen molar-refractivity contribution in [2.75, 3.05) is 0 Å². The molecule has 82 valence electrons. The molecule has 0 saturated heterocycles. The molecule has 0 saturated carbocycles. The Morgan fingerprint density at radius 2 is 2.27 bits per heavy atom. The van der Waals surface area contributed by atoms with Crippen LogP contribution in [0.25, 0.3) is 0 Å². The number of carbonyl (C=O) groups excluding carboxylic acids is 1. The fraction of sp³-hybridized carbons (Fsp3) is 0.455. The maximum absolute atomic E-state index is 10.7. The number of aryl methyl sites for hydroxylation is 2. The number of carbonyl (C=O) groups is 1. The van der Waals surface area contributed by atoms with Crippen LogP contribution in [-0.4, -0.2) is 16.9 Å². The molecule has 0 fully saturated rings. The fourth-order valence-corrected chi connectivity index (χ4v) is 1.29. The van der Waals surface area contributed by atoms with Crippen molar-refractivity contribution < 1.29 is 4.79 Å². The zero-order valence-corrected chi connectivity index (χ0v) is 8.94. The molecule has 4 nitrogen and oxygen atoms in total. The summed E-state index contributed by atoms with van der Waals surface area (Å²) in [4.78, 5) is 14.9. The lowest BCUT2D eigenvalue weighted by Gasteiger charge is -2.06. The Morgan fingerprint density at radius 1 is 1.53 bits per heavy atom. The van der Waals surface area contributed by atoms with E-state index in [0.717, 1.165) is 24.1 Å². The van der Waals surface area contributed by atoms with Crippen LogP contribution in [0, 0.1) is 6.92 Å². The summed E-state index contributed by atoms with van der Waals surface area (Å²) in [6.45, 7) is 2.00. The first kappa shape index (κ1) is 11.7. The Balaban J connectivity index is 2.32. The smallest absolute Gasteiger partial charge is 0.234 e. The van der Waals surface area contributed by atoms with E-state index < -0.39 is 11.9 Å². The summed E-state index contributed by atoms with van der Waals surface area (Å²) in [5.74, 6) is -0.438. The van der Waals surface area contributed by atoms with Gasteiger partial charge in [-0.2, -0.15) is 0 Å². The van der Waals surface area contributed by atoms with Crippen LogP contribution < -0.4 is 11.5 Å².